The number of ether oxygens (including phenoxy) is 1. The minimum atomic E-state index is -3.51. The molecule has 30 heavy (non-hydrogen) atoms. The van der Waals surface area contributed by atoms with Crippen molar-refractivity contribution in [1.29, 1.82) is 0 Å². The van der Waals surface area contributed by atoms with E-state index in [1.165, 1.54) is 10.4 Å². The number of nitrogens with one attached hydrogen (secondary N) is 1. The zero-order chi connectivity index (χ0) is 21.4. The fourth-order valence-corrected chi connectivity index (χ4v) is 4.64. The fraction of sp³-hybridized carbons (Fsp3) is 0.318. The van der Waals surface area contributed by atoms with E-state index >= 15 is 0 Å². The highest BCUT2D eigenvalue weighted by Gasteiger charge is 2.28. The number of carbonyl (C=O) groups is 1. The summed E-state index contributed by atoms with van der Waals surface area (Å²) in [5, 5.41) is 2.87. The number of amides is 1. The number of sulfonamides is 1. The van der Waals surface area contributed by atoms with Crippen molar-refractivity contribution in [3.05, 3.63) is 66.2 Å². The van der Waals surface area contributed by atoms with E-state index in [4.69, 9.17) is 4.74 Å². The van der Waals surface area contributed by atoms with Crippen LogP contribution < -0.4 is 10.1 Å². The molecule has 1 saturated heterocycles. The van der Waals surface area contributed by atoms with Crippen LogP contribution in [0.4, 0.5) is 0 Å². The Morgan fingerprint density at radius 3 is 2.33 bits per heavy atom. The largest absolute Gasteiger partial charge is 0.497 e. The van der Waals surface area contributed by atoms with Gasteiger partial charge in [0.25, 0.3) is 0 Å². The molecule has 0 saturated carbocycles. The predicted octanol–water partition coefficient (Wildman–Crippen LogP) is 1.83. The minimum absolute atomic E-state index is 0.139. The number of piperazine rings is 1. The van der Waals surface area contributed by atoms with Crippen LogP contribution in [0.2, 0.25) is 0 Å². The summed E-state index contributed by atoms with van der Waals surface area (Å²) >= 11 is 0. The van der Waals surface area contributed by atoms with Gasteiger partial charge in [-0.3, -0.25) is 9.69 Å². The molecule has 0 atom stereocenters. The molecule has 2 aromatic carbocycles. The first-order valence-corrected chi connectivity index (χ1v) is 11.3. The molecular weight excluding hydrogens is 402 g/mol. The molecule has 1 N–H and O–H groups in total. The lowest BCUT2D eigenvalue weighted by molar-refractivity contribution is -0.116. The summed E-state index contributed by atoms with van der Waals surface area (Å²) in [6, 6.07) is 16.1. The number of rotatable bonds is 8. The Hall–Kier alpha value is -2.68. The number of hydrogen-bond acceptors (Lipinski definition) is 5. The lowest BCUT2D eigenvalue weighted by Gasteiger charge is -2.33. The number of carbonyl (C=O) groups excluding carboxylic acids is 1. The maximum atomic E-state index is 12.8. The number of nitrogens with zero attached hydrogens (tertiary/aromatic N) is 2. The van der Waals surface area contributed by atoms with Gasteiger partial charge >= 0.3 is 0 Å². The molecule has 3 rings (SSSR count). The molecule has 0 radical (unpaired) electrons. The van der Waals surface area contributed by atoms with Crippen molar-refractivity contribution >= 4 is 22.0 Å². The van der Waals surface area contributed by atoms with E-state index in [-0.39, 0.29) is 10.8 Å². The minimum Gasteiger partial charge on any atom is -0.497 e. The topological polar surface area (TPSA) is 79.0 Å². The Morgan fingerprint density at radius 1 is 1.03 bits per heavy atom. The van der Waals surface area contributed by atoms with E-state index in [1.807, 2.05) is 30.3 Å². The standard InChI is InChI=1S/C22H27N3O4S/c1-29-20-8-10-21(11-9-20)30(27,28)25-17-15-24(16-18-25)14-13-23-22(26)12-7-19-5-3-2-4-6-19/h2-12H,13-18H2,1H3,(H,23,26)/b12-7-. The summed E-state index contributed by atoms with van der Waals surface area (Å²) in [6.07, 6.45) is 3.30. The number of hydrogen-bond donors (Lipinski definition) is 1. The van der Waals surface area contributed by atoms with Gasteiger partial charge in [0.05, 0.1) is 12.0 Å². The summed E-state index contributed by atoms with van der Waals surface area (Å²) in [5.41, 5.74) is 0.974. The van der Waals surface area contributed by atoms with Crippen molar-refractivity contribution in [3.8, 4) is 5.75 Å². The van der Waals surface area contributed by atoms with E-state index in [0.29, 0.717) is 45.0 Å². The van der Waals surface area contributed by atoms with Crippen molar-refractivity contribution in [2.75, 3.05) is 46.4 Å². The second-order valence-corrected chi connectivity index (χ2v) is 8.89. The van der Waals surface area contributed by atoms with Crippen LogP contribution in [0.1, 0.15) is 5.56 Å². The van der Waals surface area contributed by atoms with E-state index in [0.717, 1.165) is 5.56 Å². The van der Waals surface area contributed by atoms with Gasteiger partial charge in [-0.2, -0.15) is 4.31 Å². The van der Waals surface area contributed by atoms with Crippen molar-refractivity contribution < 1.29 is 17.9 Å². The number of benzene rings is 2. The summed E-state index contributed by atoms with van der Waals surface area (Å²) in [5.74, 6) is 0.485. The summed E-state index contributed by atoms with van der Waals surface area (Å²) in [4.78, 5) is 14.4. The van der Waals surface area contributed by atoms with Crippen LogP contribution >= 0.6 is 0 Å². The Labute approximate surface area is 178 Å². The molecule has 1 amide bonds. The van der Waals surface area contributed by atoms with Crippen molar-refractivity contribution in [2.24, 2.45) is 0 Å². The summed E-state index contributed by atoms with van der Waals surface area (Å²) in [6.45, 7) is 3.31. The van der Waals surface area contributed by atoms with Gasteiger partial charge in [0.1, 0.15) is 5.75 Å². The average molecular weight is 430 g/mol. The van der Waals surface area contributed by atoms with Gasteiger partial charge in [-0.15, -0.1) is 0 Å². The Morgan fingerprint density at radius 2 is 1.70 bits per heavy atom. The summed E-state index contributed by atoms with van der Waals surface area (Å²) in [7, 11) is -1.96. The molecule has 0 spiro atoms. The molecule has 0 bridgehead atoms. The van der Waals surface area contributed by atoms with Gasteiger partial charge in [-0.25, -0.2) is 8.42 Å². The van der Waals surface area contributed by atoms with Gasteiger partial charge in [0.2, 0.25) is 15.9 Å². The van der Waals surface area contributed by atoms with E-state index in [9.17, 15) is 13.2 Å². The maximum absolute atomic E-state index is 12.8. The first kappa shape index (κ1) is 22.0. The van der Waals surface area contributed by atoms with Crippen molar-refractivity contribution in [2.45, 2.75) is 4.90 Å². The molecule has 160 valence electrons. The average Bonchev–Trinajstić information content (AvgIpc) is 2.79. The molecule has 1 fully saturated rings. The third-order valence-electron chi connectivity index (χ3n) is 4.98. The Kier molecular flexibility index (Phi) is 7.62. The highest BCUT2D eigenvalue weighted by atomic mass is 32.2. The van der Waals surface area contributed by atoms with Gasteiger partial charge in [-0.05, 0) is 35.9 Å². The Balaban J connectivity index is 1.42. The monoisotopic (exact) mass is 429 g/mol. The van der Waals surface area contributed by atoms with Gasteiger partial charge in [-0.1, -0.05) is 30.3 Å². The molecule has 8 heteroatoms. The highest BCUT2D eigenvalue weighted by molar-refractivity contribution is 7.89. The second-order valence-electron chi connectivity index (χ2n) is 6.96. The predicted molar refractivity (Wildman–Crippen MR) is 117 cm³/mol. The summed E-state index contributed by atoms with van der Waals surface area (Å²) < 4.78 is 32.2. The SMILES string of the molecule is COc1ccc(S(=O)(=O)N2CCN(CCNC(=O)/C=C\c3ccccc3)CC2)cc1. The molecule has 1 aliphatic heterocycles. The first-order chi connectivity index (χ1) is 14.5. The highest BCUT2D eigenvalue weighted by Crippen LogP contribution is 2.20. The van der Waals surface area contributed by atoms with Crippen LogP contribution in [-0.4, -0.2) is 69.9 Å². The molecule has 0 aromatic heterocycles. The third kappa shape index (κ3) is 5.91. The molecule has 2 aromatic rings. The lowest BCUT2D eigenvalue weighted by Crippen LogP contribution is -2.50. The van der Waals surface area contributed by atoms with Crippen LogP contribution in [0, 0.1) is 0 Å². The molecule has 7 nitrogen and oxygen atoms in total. The van der Waals surface area contributed by atoms with Crippen LogP contribution in [-0.2, 0) is 14.8 Å². The zero-order valence-electron chi connectivity index (χ0n) is 17.0. The smallest absolute Gasteiger partial charge is 0.244 e. The van der Waals surface area contributed by atoms with Crippen LogP contribution in [0.25, 0.3) is 6.08 Å². The maximum Gasteiger partial charge on any atom is 0.244 e. The van der Waals surface area contributed by atoms with E-state index < -0.39 is 10.0 Å². The van der Waals surface area contributed by atoms with Crippen LogP contribution in [0.15, 0.2) is 65.6 Å². The molecule has 1 aliphatic rings. The zero-order valence-corrected chi connectivity index (χ0v) is 17.8. The number of methoxy groups -OCH3 is 1. The van der Waals surface area contributed by atoms with Gasteiger partial charge < -0.3 is 10.1 Å². The molecule has 1 heterocycles. The molecule has 0 aliphatic carbocycles. The lowest BCUT2D eigenvalue weighted by atomic mass is 10.2. The third-order valence-corrected chi connectivity index (χ3v) is 6.90. The van der Waals surface area contributed by atoms with Crippen LogP contribution in [0.5, 0.6) is 5.75 Å². The normalized spacial score (nSPS) is 15.9. The van der Waals surface area contributed by atoms with Crippen molar-refractivity contribution in [3.63, 3.8) is 0 Å². The van der Waals surface area contributed by atoms with Crippen molar-refractivity contribution in [1.82, 2.24) is 14.5 Å². The Bertz CT molecular complexity index is 952. The fourth-order valence-electron chi connectivity index (χ4n) is 3.22. The van der Waals surface area contributed by atoms with Gasteiger partial charge in [0.15, 0.2) is 0 Å². The molecular formula is C22H27N3O4S. The second kappa shape index (κ2) is 10.4. The molecule has 0 unspecified atom stereocenters. The first-order valence-electron chi connectivity index (χ1n) is 9.86. The van der Waals surface area contributed by atoms with Gasteiger partial charge in [0, 0.05) is 45.3 Å². The van der Waals surface area contributed by atoms with E-state index in [1.54, 1.807) is 37.5 Å². The van der Waals surface area contributed by atoms with E-state index in [2.05, 4.69) is 10.2 Å². The van der Waals surface area contributed by atoms with Crippen LogP contribution in [0.3, 0.4) is 0 Å². The quantitative estimate of drug-likeness (QED) is 0.648.